The van der Waals surface area contributed by atoms with Crippen LogP contribution in [0.15, 0.2) is 41.0 Å². The van der Waals surface area contributed by atoms with E-state index in [0.717, 1.165) is 33.2 Å². The van der Waals surface area contributed by atoms with Crippen molar-refractivity contribution < 1.29 is 13.9 Å². The monoisotopic (exact) mass is 382 g/mol. The van der Waals surface area contributed by atoms with Crippen LogP contribution < -0.4 is 0 Å². The highest BCUT2D eigenvalue weighted by atomic mass is 28.4. The van der Waals surface area contributed by atoms with E-state index in [1.165, 1.54) is 11.8 Å². The summed E-state index contributed by atoms with van der Waals surface area (Å²) in [5.41, 5.74) is 6.36. The minimum Gasteiger partial charge on any atom is -0.504 e. The number of furan rings is 1. The Morgan fingerprint density at radius 2 is 1.81 bits per heavy atom. The number of aryl methyl sites for hydroxylation is 2. The van der Waals surface area contributed by atoms with Crippen molar-refractivity contribution in [3.05, 3.63) is 53.3 Å². The number of rotatable bonds is 4. The van der Waals surface area contributed by atoms with Crippen molar-refractivity contribution in [1.29, 1.82) is 0 Å². The summed E-state index contributed by atoms with van der Waals surface area (Å²) in [5.74, 6) is 0.196. The standard InChI is InChI=1S/C23H30O3Si/c1-15-11-20-22(19(24)14-25-20)16(2)21(15)18-10-8-9-17(12-18)13-26-27(6,7)23(3,4)5/h8-12,14,24H,13H2,1-7H3. The Kier molecular flexibility index (Phi) is 5.00. The van der Waals surface area contributed by atoms with E-state index < -0.39 is 8.32 Å². The predicted molar refractivity (Wildman–Crippen MR) is 115 cm³/mol. The minimum absolute atomic E-state index is 0.196. The zero-order valence-corrected chi connectivity index (χ0v) is 18.4. The van der Waals surface area contributed by atoms with E-state index >= 15 is 0 Å². The summed E-state index contributed by atoms with van der Waals surface area (Å²) in [7, 11) is -1.79. The molecule has 1 heterocycles. The second-order valence-corrected chi connectivity index (χ2v) is 13.7. The predicted octanol–water partition coefficient (Wildman–Crippen LogP) is 6.94. The fourth-order valence-electron chi connectivity index (χ4n) is 3.28. The molecule has 1 aromatic heterocycles. The van der Waals surface area contributed by atoms with Gasteiger partial charge in [0.25, 0.3) is 0 Å². The first-order chi connectivity index (χ1) is 12.5. The highest BCUT2D eigenvalue weighted by Crippen LogP contribution is 2.39. The maximum Gasteiger partial charge on any atom is 0.192 e. The summed E-state index contributed by atoms with van der Waals surface area (Å²) in [6.45, 7) is 16.1. The molecule has 0 saturated carbocycles. The molecule has 0 aliphatic rings. The van der Waals surface area contributed by atoms with Crippen molar-refractivity contribution in [2.75, 3.05) is 0 Å². The Bertz CT molecular complexity index is 977. The molecule has 0 radical (unpaired) electrons. The number of aromatic hydroxyl groups is 1. The molecule has 0 aliphatic carbocycles. The van der Waals surface area contributed by atoms with Gasteiger partial charge in [0.1, 0.15) is 11.8 Å². The van der Waals surface area contributed by atoms with Crippen LogP contribution in [0, 0.1) is 13.8 Å². The number of hydrogen-bond acceptors (Lipinski definition) is 3. The van der Waals surface area contributed by atoms with Crippen molar-refractivity contribution in [3.8, 4) is 16.9 Å². The summed E-state index contributed by atoms with van der Waals surface area (Å²) >= 11 is 0. The van der Waals surface area contributed by atoms with Gasteiger partial charge in [0.2, 0.25) is 0 Å². The molecule has 0 spiro atoms. The molecular weight excluding hydrogens is 352 g/mol. The van der Waals surface area contributed by atoms with Crippen molar-refractivity contribution in [1.82, 2.24) is 0 Å². The fourth-order valence-corrected chi connectivity index (χ4v) is 4.24. The normalized spacial score (nSPS) is 12.7. The van der Waals surface area contributed by atoms with Gasteiger partial charge in [-0.15, -0.1) is 0 Å². The van der Waals surface area contributed by atoms with Crippen molar-refractivity contribution >= 4 is 19.3 Å². The first-order valence-corrected chi connectivity index (χ1v) is 12.4. The Labute approximate surface area is 163 Å². The quantitative estimate of drug-likeness (QED) is 0.497. The first kappa shape index (κ1) is 19.7. The molecule has 144 valence electrons. The van der Waals surface area contributed by atoms with Gasteiger partial charge in [-0.3, -0.25) is 0 Å². The molecular formula is C23H30O3Si. The van der Waals surface area contributed by atoms with Crippen LogP contribution in [0.3, 0.4) is 0 Å². The van der Waals surface area contributed by atoms with Gasteiger partial charge in [0.05, 0.1) is 12.0 Å². The molecule has 27 heavy (non-hydrogen) atoms. The summed E-state index contributed by atoms with van der Waals surface area (Å²) in [6, 6.07) is 10.5. The molecule has 3 aromatic rings. The lowest BCUT2D eigenvalue weighted by Crippen LogP contribution is -2.40. The van der Waals surface area contributed by atoms with Gasteiger partial charge < -0.3 is 13.9 Å². The molecule has 0 bridgehead atoms. The maximum atomic E-state index is 10.1. The van der Waals surface area contributed by atoms with E-state index in [1.54, 1.807) is 0 Å². The Morgan fingerprint density at radius 1 is 1.11 bits per heavy atom. The van der Waals surface area contributed by atoms with E-state index in [0.29, 0.717) is 6.61 Å². The van der Waals surface area contributed by atoms with Gasteiger partial charge in [0.15, 0.2) is 14.1 Å². The third-order valence-electron chi connectivity index (χ3n) is 5.91. The summed E-state index contributed by atoms with van der Waals surface area (Å²) in [6.07, 6.45) is 1.41. The molecule has 0 aliphatic heterocycles. The summed E-state index contributed by atoms with van der Waals surface area (Å²) in [4.78, 5) is 0. The zero-order valence-electron chi connectivity index (χ0n) is 17.4. The fraction of sp³-hybridized carbons (Fsp3) is 0.391. The van der Waals surface area contributed by atoms with Gasteiger partial charge in [-0.25, -0.2) is 0 Å². The van der Waals surface area contributed by atoms with Crippen molar-refractivity contribution in [2.45, 2.75) is 59.4 Å². The van der Waals surface area contributed by atoms with Gasteiger partial charge in [-0.05, 0) is 71.9 Å². The molecule has 0 unspecified atom stereocenters. The lowest BCUT2D eigenvalue weighted by Gasteiger charge is -2.36. The molecule has 1 N–H and O–H groups in total. The van der Waals surface area contributed by atoms with Crippen LogP contribution in [0.5, 0.6) is 5.75 Å². The SMILES string of the molecule is Cc1cc2occ(O)c2c(C)c1-c1cccc(CO[Si](C)(C)C(C)(C)C)c1. The van der Waals surface area contributed by atoms with Gasteiger partial charge in [0, 0.05) is 0 Å². The lowest BCUT2D eigenvalue weighted by molar-refractivity contribution is 0.276. The molecule has 0 saturated heterocycles. The van der Waals surface area contributed by atoms with Crippen LogP contribution in [-0.2, 0) is 11.0 Å². The average molecular weight is 383 g/mol. The third kappa shape index (κ3) is 3.69. The van der Waals surface area contributed by atoms with Crippen molar-refractivity contribution in [2.24, 2.45) is 0 Å². The molecule has 0 atom stereocenters. The molecule has 3 nitrogen and oxygen atoms in total. The van der Waals surface area contributed by atoms with Crippen LogP contribution in [0.25, 0.3) is 22.1 Å². The average Bonchev–Trinajstić information content (AvgIpc) is 2.93. The maximum absolute atomic E-state index is 10.1. The smallest absolute Gasteiger partial charge is 0.192 e. The largest absolute Gasteiger partial charge is 0.504 e. The number of hydrogen-bond donors (Lipinski definition) is 1. The number of benzene rings is 2. The van der Waals surface area contributed by atoms with Gasteiger partial charge >= 0.3 is 0 Å². The van der Waals surface area contributed by atoms with Crippen LogP contribution in [0.1, 0.15) is 37.5 Å². The summed E-state index contributed by atoms with van der Waals surface area (Å²) in [5, 5.41) is 11.1. The topological polar surface area (TPSA) is 42.6 Å². The first-order valence-electron chi connectivity index (χ1n) is 9.45. The van der Waals surface area contributed by atoms with E-state index in [-0.39, 0.29) is 10.8 Å². The van der Waals surface area contributed by atoms with Gasteiger partial charge in [-0.1, -0.05) is 39.0 Å². The second kappa shape index (κ2) is 6.84. The second-order valence-electron chi connectivity index (χ2n) is 8.94. The van der Waals surface area contributed by atoms with Crippen LogP contribution in [0.2, 0.25) is 18.1 Å². The Balaban J connectivity index is 1.97. The van der Waals surface area contributed by atoms with E-state index in [2.05, 4.69) is 65.1 Å². The minimum atomic E-state index is -1.79. The van der Waals surface area contributed by atoms with E-state index in [4.69, 9.17) is 8.84 Å². The van der Waals surface area contributed by atoms with E-state index in [1.807, 2.05) is 13.0 Å². The van der Waals surface area contributed by atoms with E-state index in [9.17, 15) is 5.11 Å². The Hall–Kier alpha value is -2.04. The molecule has 0 fully saturated rings. The van der Waals surface area contributed by atoms with Crippen molar-refractivity contribution in [3.63, 3.8) is 0 Å². The molecule has 0 amide bonds. The molecule has 4 heteroatoms. The lowest BCUT2D eigenvalue weighted by atomic mass is 9.92. The molecule has 2 aromatic carbocycles. The zero-order chi connectivity index (χ0) is 20.0. The highest BCUT2D eigenvalue weighted by molar-refractivity contribution is 6.74. The number of fused-ring (bicyclic) bond motifs is 1. The summed E-state index contributed by atoms with van der Waals surface area (Å²) < 4.78 is 11.9. The molecule has 3 rings (SSSR count). The van der Waals surface area contributed by atoms with Crippen LogP contribution in [-0.4, -0.2) is 13.4 Å². The van der Waals surface area contributed by atoms with Gasteiger partial charge in [-0.2, -0.15) is 0 Å². The van der Waals surface area contributed by atoms with Crippen LogP contribution >= 0.6 is 0 Å². The Morgan fingerprint density at radius 3 is 2.48 bits per heavy atom. The highest BCUT2D eigenvalue weighted by Gasteiger charge is 2.37. The third-order valence-corrected chi connectivity index (χ3v) is 10.4. The van der Waals surface area contributed by atoms with Crippen LogP contribution in [0.4, 0.5) is 0 Å².